The third kappa shape index (κ3) is 68.4. The van der Waals surface area contributed by atoms with Gasteiger partial charge in [-0.3, -0.25) is 32.5 Å². The van der Waals surface area contributed by atoms with E-state index in [0.717, 1.165) is 161 Å². The zero-order valence-corrected chi connectivity index (χ0v) is 58.9. The molecule has 528 valence electrons. The molecule has 0 saturated heterocycles. The van der Waals surface area contributed by atoms with Crippen LogP contribution in [-0.4, -0.2) is 95.9 Å². The smallest absolute Gasteiger partial charge is 0.463 e. The summed E-state index contributed by atoms with van der Waals surface area (Å²) < 4.78 is 60.9. The van der Waals surface area contributed by atoms with E-state index in [1.54, 1.807) is 0 Å². The summed E-state index contributed by atoms with van der Waals surface area (Å²) >= 11 is 0. The minimum Gasteiger partial charge on any atom is -0.463 e. The van der Waals surface area contributed by atoms with Crippen LogP contribution in [0, 0.1) is 0 Å². The summed E-state index contributed by atoms with van der Waals surface area (Å²) in [4.78, 5) is 58.4. The Morgan fingerprint density at radius 2 is 0.570 bits per heavy atom. The van der Waals surface area contributed by atoms with E-state index in [-0.39, 0.29) is 19.3 Å². The fourth-order valence-corrected chi connectivity index (χ4v) is 10.0. The Hall–Kier alpha value is -4.83. The van der Waals surface area contributed by atoms with Crippen molar-refractivity contribution < 1.29 is 75.8 Å². The highest BCUT2D eigenvalue weighted by atomic mass is 31.2. The number of phosphoric acid groups is 2. The summed E-state index contributed by atoms with van der Waals surface area (Å²) in [5.74, 6) is -1.67. The molecule has 0 saturated carbocycles. The number of hydrogen-bond donors (Lipinski definition) is 4. The molecule has 16 nitrogen and oxygen atoms in total. The normalized spacial score (nSPS) is 15.1. The number of ether oxygens (including phenoxy) is 3. The number of allylic oxidation sites excluding steroid dienone is 26. The first-order valence-corrected chi connectivity index (χ1v) is 37.8. The molecule has 0 aliphatic heterocycles. The lowest BCUT2D eigenvalue weighted by atomic mass is 10.1. The van der Waals surface area contributed by atoms with Crippen LogP contribution in [0.3, 0.4) is 0 Å². The van der Waals surface area contributed by atoms with Crippen molar-refractivity contribution in [2.24, 2.45) is 0 Å². The van der Waals surface area contributed by atoms with Gasteiger partial charge in [0.15, 0.2) is 6.10 Å². The molecule has 0 spiro atoms. The number of rotatable bonds is 64. The number of esters is 3. The first-order chi connectivity index (χ1) is 45.2. The fraction of sp³-hybridized carbons (Fsp3) is 0.613. The van der Waals surface area contributed by atoms with Crippen LogP contribution in [0.15, 0.2) is 158 Å². The molecule has 0 bridgehead atoms. The summed E-state index contributed by atoms with van der Waals surface area (Å²) in [7, 11) is -9.81. The highest BCUT2D eigenvalue weighted by Gasteiger charge is 2.29. The van der Waals surface area contributed by atoms with Crippen LogP contribution in [0.4, 0.5) is 0 Å². The number of carbonyl (C=O) groups excluding carboxylic acids is 3. The van der Waals surface area contributed by atoms with Crippen molar-refractivity contribution in [2.75, 3.05) is 39.6 Å². The van der Waals surface area contributed by atoms with E-state index in [9.17, 15) is 43.5 Å². The SMILES string of the molecule is CC/C=C\C/C=C\C/C=C\C/C=C\C/C=C\C/C=C\CCCCC(=O)OCC(O)COP(=O)(O)OCC(O)COP(=O)(O)OCC(COC(=O)CCCCCCC/C=C\C/C=C\C/C=C\C/C=C\C/C=C\CC)OC(=O)CCCCCCC/C=C\C/C=C\CCCCC. The third-order valence-corrected chi connectivity index (χ3v) is 15.6. The Balaban J connectivity index is 4.76. The second-order valence-electron chi connectivity index (χ2n) is 22.6. The van der Waals surface area contributed by atoms with E-state index in [4.69, 9.17) is 32.3 Å². The van der Waals surface area contributed by atoms with Gasteiger partial charge in [0.05, 0.1) is 26.4 Å². The van der Waals surface area contributed by atoms with Crippen LogP contribution in [0.5, 0.6) is 0 Å². The molecule has 18 heteroatoms. The van der Waals surface area contributed by atoms with Crippen LogP contribution >= 0.6 is 15.6 Å². The van der Waals surface area contributed by atoms with Gasteiger partial charge in [-0.2, -0.15) is 0 Å². The Labute approximate surface area is 561 Å². The molecule has 5 unspecified atom stereocenters. The molecule has 5 atom stereocenters. The Bertz CT molecular complexity index is 2320. The number of hydrogen-bond acceptors (Lipinski definition) is 14. The van der Waals surface area contributed by atoms with Gasteiger partial charge in [0.1, 0.15) is 25.4 Å². The van der Waals surface area contributed by atoms with Gasteiger partial charge in [-0.15, -0.1) is 0 Å². The highest BCUT2D eigenvalue weighted by Crippen LogP contribution is 2.45. The Morgan fingerprint density at radius 1 is 0.312 bits per heavy atom. The van der Waals surface area contributed by atoms with Crippen LogP contribution in [-0.2, 0) is 55.8 Å². The quantitative estimate of drug-likeness (QED) is 0.0146. The summed E-state index contributed by atoms with van der Waals surface area (Å²) in [5, 5.41) is 20.5. The van der Waals surface area contributed by atoms with E-state index in [1.165, 1.54) is 19.3 Å². The summed E-state index contributed by atoms with van der Waals surface area (Å²) in [6, 6.07) is 0. The molecular weight excluding hydrogens is 1220 g/mol. The van der Waals surface area contributed by atoms with Crippen molar-refractivity contribution in [2.45, 2.75) is 257 Å². The van der Waals surface area contributed by atoms with Gasteiger partial charge in [-0.05, 0) is 148 Å². The second-order valence-corrected chi connectivity index (χ2v) is 25.5. The Kier molecular flexibility index (Phi) is 63.7. The molecule has 0 aromatic heterocycles. The monoisotopic (exact) mass is 1340 g/mol. The van der Waals surface area contributed by atoms with Crippen molar-refractivity contribution in [3.63, 3.8) is 0 Å². The maximum Gasteiger partial charge on any atom is 0.472 e. The first-order valence-electron chi connectivity index (χ1n) is 34.8. The predicted molar refractivity (Wildman–Crippen MR) is 380 cm³/mol. The van der Waals surface area contributed by atoms with Gasteiger partial charge in [0, 0.05) is 19.3 Å². The van der Waals surface area contributed by atoms with Crippen molar-refractivity contribution in [3.05, 3.63) is 158 Å². The lowest BCUT2D eigenvalue weighted by Gasteiger charge is -2.21. The van der Waals surface area contributed by atoms with Gasteiger partial charge in [-0.25, -0.2) is 9.13 Å². The fourth-order valence-electron chi connectivity index (χ4n) is 8.45. The number of phosphoric ester groups is 2. The number of aliphatic hydroxyl groups excluding tert-OH is 2. The molecule has 93 heavy (non-hydrogen) atoms. The molecule has 0 rings (SSSR count). The van der Waals surface area contributed by atoms with Crippen molar-refractivity contribution >= 4 is 33.6 Å². The second kappa shape index (κ2) is 67.2. The summed E-state index contributed by atoms with van der Waals surface area (Å²) in [6.45, 7) is 2.29. The van der Waals surface area contributed by atoms with Crippen molar-refractivity contribution in [1.29, 1.82) is 0 Å². The number of unbranched alkanes of at least 4 members (excludes halogenated alkanes) is 15. The molecule has 0 aliphatic carbocycles. The first kappa shape index (κ1) is 88.2. The maximum absolute atomic E-state index is 12.9. The molecule has 4 N–H and O–H groups in total. The topological polar surface area (TPSA) is 231 Å². The van der Waals surface area contributed by atoms with Crippen molar-refractivity contribution in [3.8, 4) is 0 Å². The molecule has 0 fully saturated rings. The van der Waals surface area contributed by atoms with E-state index in [0.29, 0.717) is 19.3 Å². The van der Waals surface area contributed by atoms with Gasteiger partial charge >= 0.3 is 33.6 Å². The van der Waals surface area contributed by atoms with Crippen molar-refractivity contribution in [1.82, 2.24) is 0 Å². The lowest BCUT2D eigenvalue weighted by Crippen LogP contribution is -2.30. The average molecular weight is 1340 g/mol. The summed E-state index contributed by atoms with van der Waals surface area (Å²) in [6.07, 6.45) is 81.5. The zero-order chi connectivity index (χ0) is 68.1. The van der Waals surface area contributed by atoms with Crippen LogP contribution in [0.25, 0.3) is 0 Å². The predicted octanol–water partition coefficient (Wildman–Crippen LogP) is 19.5. The molecule has 0 heterocycles. The molecule has 0 radical (unpaired) electrons. The summed E-state index contributed by atoms with van der Waals surface area (Å²) in [5.41, 5.74) is 0. The van der Waals surface area contributed by atoms with E-state index < -0.39 is 91.5 Å². The van der Waals surface area contributed by atoms with Gasteiger partial charge < -0.3 is 34.2 Å². The number of carbonyl (C=O) groups is 3. The lowest BCUT2D eigenvalue weighted by molar-refractivity contribution is -0.161. The van der Waals surface area contributed by atoms with Crippen LogP contribution < -0.4 is 0 Å². The van der Waals surface area contributed by atoms with E-state index in [1.807, 2.05) is 0 Å². The molecule has 0 amide bonds. The molecular formula is C75H122O16P2. The van der Waals surface area contributed by atoms with E-state index in [2.05, 4.69) is 179 Å². The average Bonchev–Trinajstić information content (AvgIpc) is 3.71. The standard InChI is InChI=1S/C75H122O16P2/c1-4-7-10-13-16-19-22-25-28-30-32-34-36-38-41-43-46-49-52-55-58-61-73(78)85-64-70(76)65-87-92(81,82)88-66-71(77)67-89-93(83,84)90-69-72(91-75(80)63-60-57-54-51-48-45-40-27-24-21-18-15-12-9-6-3)68-86-74(79)62-59-56-53-50-47-44-42-39-37-35-33-31-29-26-23-20-17-14-11-8-5-2/h7-8,10-11,16-21,25-29,32-35,38-42,46,49,70-72,76-77H,4-6,9,12-15,22-24,30-31,36-37,43-45,47-48,50-69H2,1-3H3,(H,81,82)(H,83,84)/b10-7-,11-8-,19-16-,20-17-,21-18-,28-25-,29-26-,34-32-,35-33-,40-27-,41-38-,42-39-,49-46-. The highest BCUT2D eigenvalue weighted by molar-refractivity contribution is 7.47. The van der Waals surface area contributed by atoms with Crippen LogP contribution in [0.2, 0.25) is 0 Å². The van der Waals surface area contributed by atoms with Gasteiger partial charge in [0.25, 0.3) is 0 Å². The molecule has 0 aromatic carbocycles. The maximum atomic E-state index is 12.9. The van der Waals surface area contributed by atoms with Crippen LogP contribution in [0.1, 0.15) is 239 Å². The Morgan fingerprint density at radius 3 is 0.925 bits per heavy atom. The van der Waals surface area contributed by atoms with Gasteiger partial charge in [-0.1, -0.05) is 230 Å². The molecule has 0 aromatic rings. The van der Waals surface area contributed by atoms with E-state index >= 15 is 0 Å². The largest absolute Gasteiger partial charge is 0.472 e. The molecule has 0 aliphatic rings. The minimum atomic E-state index is -4.94. The number of aliphatic hydroxyl groups is 2. The van der Waals surface area contributed by atoms with Gasteiger partial charge in [0.2, 0.25) is 0 Å². The zero-order valence-electron chi connectivity index (χ0n) is 57.1. The third-order valence-electron chi connectivity index (χ3n) is 13.7. The minimum absolute atomic E-state index is 0.0770.